The number of benzene rings is 1. The molecule has 11 heteroatoms. The average Bonchev–Trinajstić information content (AvgIpc) is 3.38. The van der Waals surface area contributed by atoms with Gasteiger partial charge in [0.05, 0.1) is 5.92 Å². The first kappa shape index (κ1) is 22.9. The van der Waals surface area contributed by atoms with Crippen LogP contribution in [0.25, 0.3) is 12.2 Å². The number of carbonyl (C=O) groups excluding carboxylic acids is 1. The molecule has 1 aliphatic heterocycles. The van der Waals surface area contributed by atoms with Gasteiger partial charge in [0.2, 0.25) is 15.9 Å². The summed E-state index contributed by atoms with van der Waals surface area (Å²) in [7, 11) is -4.01. The number of piperidine rings is 1. The van der Waals surface area contributed by atoms with Gasteiger partial charge in [-0.3, -0.25) is 4.79 Å². The lowest BCUT2D eigenvalue weighted by Crippen LogP contribution is -2.43. The number of amides is 1. The van der Waals surface area contributed by atoms with Gasteiger partial charge >= 0.3 is 0 Å². The molecule has 3 heterocycles. The van der Waals surface area contributed by atoms with Crippen LogP contribution in [0.15, 0.2) is 44.3 Å². The van der Waals surface area contributed by atoms with Crippen molar-refractivity contribution in [3.8, 4) is 0 Å². The summed E-state index contributed by atoms with van der Waals surface area (Å²) in [4.78, 5) is 12.6. The van der Waals surface area contributed by atoms with E-state index in [2.05, 4.69) is 15.6 Å². The lowest BCUT2D eigenvalue weighted by molar-refractivity contribution is -0.120. The van der Waals surface area contributed by atoms with Gasteiger partial charge < -0.3 is 14.4 Å². The van der Waals surface area contributed by atoms with E-state index in [1.54, 1.807) is 31.2 Å². The van der Waals surface area contributed by atoms with Crippen LogP contribution in [0.2, 0.25) is 0 Å². The second kappa shape index (κ2) is 9.28. The van der Waals surface area contributed by atoms with Crippen LogP contribution in [0.1, 0.15) is 35.6 Å². The van der Waals surface area contributed by atoms with E-state index in [1.165, 1.54) is 29.4 Å². The fourth-order valence-electron chi connectivity index (χ4n) is 3.73. The molecule has 33 heavy (non-hydrogen) atoms. The van der Waals surface area contributed by atoms with Crippen LogP contribution in [0.4, 0.5) is 10.2 Å². The first-order chi connectivity index (χ1) is 15.8. The molecule has 1 N–H and O–H groups in total. The molecule has 1 saturated heterocycles. The maximum absolute atomic E-state index is 13.9. The highest BCUT2D eigenvalue weighted by Crippen LogP contribution is 2.30. The van der Waals surface area contributed by atoms with Crippen LogP contribution < -0.4 is 5.32 Å². The van der Waals surface area contributed by atoms with E-state index in [4.69, 9.17) is 9.05 Å². The van der Waals surface area contributed by atoms with E-state index in [1.807, 2.05) is 0 Å². The van der Waals surface area contributed by atoms with Gasteiger partial charge in [-0.15, -0.1) is 0 Å². The van der Waals surface area contributed by atoms with Crippen molar-refractivity contribution in [1.29, 1.82) is 0 Å². The minimum absolute atomic E-state index is 0.000371. The zero-order valence-electron chi connectivity index (χ0n) is 18.1. The van der Waals surface area contributed by atoms with Crippen LogP contribution in [0.3, 0.4) is 0 Å². The lowest BCUT2D eigenvalue weighted by atomic mass is 9.99. The molecule has 1 aliphatic rings. The molecular formula is C22H23FN4O5S. The van der Waals surface area contributed by atoms with Crippen LogP contribution in [0.5, 0.6) is 0 Å². The van der Waals surface area contributed by atoms with E-state index in [-0.39, 0.29) is 46.7 Å². The quantitative estimate of drug-likeness (QED) is 0.579. The third-order valence-electron chi connectivity index (χ3n) is 5.38. The number of carbonyl (C=O) groups is 1. The molecule has 1 amide bonds. The fourth-order valence-corrected chi connectivity index (χ4v) is 5.51. The standard InChI is InChI=1S/C22H23FN4O5S/c1-14-12-20(26-31-14)24-22(28)17-7-5-11-27(13-17)33(29,30)21-15(2)25-32-19(21)10-9-16-6-3-4-8-18(16)23/h3-4,6,8-10,12,17H,5,7,11,13H2,1-2H3,(H,24,26,28). The third kappa shape index (κ3) is 4.88. The van der Waals surface area contributed by atoms with Gasteiger partial charge in [-0.1, -0.05) is 28.5 Å². The molecule has 174 valence electrons. The molecule has 0 saturated carbocycles. The van der Waals surface area contributed by atoms with Crippen LogP contribution >= 0.6 is 0 Å². The van der Waals surface area contributed by atoms with Crippen molar-refractivity contribution < 1.29 is 26.6 Å². The summed E-state index contributed by atoms with van der Waals surface area (Å²) in [6.45, 7) is 3.50. The molecule has 1 atom stereocenters. The van der Waals surface area contributed by atoms with Crippen LogP contribution in [-0.4, -0.2) is 42.0 Å². The van der Waals surface area contributed by atoms with Crippen molar-refractivity contribution in [1.82, 2.24) is 14.6 Å². The molecular weight excluding hydrogens is 451 g/mol. The maximum Gasteiger partial charge on any atom is 0.248 e. The number of nitrogens with zero attached hydrogens (tertiary/aromatic N) is 3. The summed E-state index contributed by atoms with van der Waals surface area (Å²) in [6, 6.07) is 7.69. The summed E-state index contributed by atoms with van der Waals surface area (Å²) < 4.78 is 52.3. The lowest BCUT2D eigenvalue weighted by Gasteiger charge is -2.30. The first-order valence-electron chi connectivity index (χ1n) is 10.4. The van der Waals surface area contributed by atoms with Gasteiger partial charge in [0.1, 0.15) is 17.3 Å². The number of anilines is 1. The summed E-state index contributed by atoms with van der Waals surface area (Å²) in [5, 5.41) is 10.2. The predicted molar refractivity (Wildman–Crippen MR) is 118 cm³/mol. The second-order valence-corrected chi connectivity index (χ2v) is 9.71. The number of aromatic nitrogens is 2. The Bertz CT molecular complexity index is 1300. The monoisotopic (exact) mass is 474 g/mol. The Hall–Kier alpha value is -3.31. The van der Waals surface area contributed by atoms with E-state index in [9.17, 15) is 17.6 Å². The molecule has 1 fully saturated rings. The summed E-state index contributed by atoms with van der Waals surface area (Å²) in [5.41, 5.74) is 0.473. The molecule has 0 radical (unpaired) electrons. The zero-order valence-corrected chi connectivity index (χ0v) is 18.9. The Labute approximate surface area is 190 Å². The highest BCUT2D eigenvalue weighted by atomic mass is 32.2. The topological polar surface area (TPSA) is 119 Å². The van der Waals surface area contributed by atoms with Crippen molar-refractivity contribution in [2.45, 2.75) is 31.6 Å². The first-order valence-corrected chi connectivity index (χ1v) is 11.8. The van der Waals surface area contributed by atoms with Crippen molar-refractivity contribution >= 4 is 33.9 Å². The molecule has 3 aromatic rings. The molecule has 0 bridgehead atoms. The molecule has 4 rings (SSSR count). The molecule has 0 aliphatic carbocycles. The Kier molecular flexibility index (Phi) is 6.43. The summed E-state index contributed by atoms with van der Waals surface area (Å²) >= 11 is 0. The molecule has 9 nitrogen and oxygen atoms in total. The van der Waals surface area contributed by atoms with E-state index < -0.39 is 21.8 Å². The van der Waals surface area contributed by atoms with Gasteiger partial charge in [-0.2, -0.15) is 4.31 Å². The number of hydrogen-bond acceptors (Lipinski definition) is 7. The Balaban J connectivity index is 1.55. The summed E-state index contributed by atoms with van der Waals surface area (Å²) in [5.74, 6) is -0.486. The minimum Gasteiger partial charge on any atom is -0.360 e. The van der Waals surface area contributed by atoms with Gasteiger partial charge in [0.15, 0.2) is 16.5 Å². The molecule has 0 spiro atoms. The normalized spacial score (nSPS) is 17.5. The highest BCUT2D eigenvalue weighted by Gasteiger charge is 2.37. The van der Waals surface area contributed by atoms with E-state index in [0.29, 0.717) is 18.6 Å². The predicted octanol–water partition coefficient (Wildman–Crippen LogP) is 3.63. The van der Waals surface area contributed by atoms with Crippen molar-refractivity contribution in [2.24, 2.45) is 5.92 Å². The van der Waals surface area contributed by atoms with Gasteiger partial charge in [-0.25, -0.2) is 12.8 Å². The second-order valence-electron chi connectivity index (χ2n) is 7.83. The largest absolute Gasteiger partial charge is 0.360 e. The Morgan fingerprint density at radius 3 is 2.73 bits per heavy atom. The molecule has 2 aromatic heterocycles. The molecule has 1 unspecified atom stereocenters. The van der Waals surface area contributed by atoms with Gasteiger partial charge in [0, 0.05) is 24.7 Å². The number of aryl methyl sites for hydroxylation is 2. The third-order valence-corrected chi connectivity index (χ3v) is 7.41. The van der Waals surface area contributed by atoms with Crippen LogP contribution in [-0.2, 0) is 14.8 Å². The average molecular weight is 475 g/mol. The number of nitrogens with one attached hydrogen (secondary N) is 1. The Morgan fingerprint density at radius 1 is 1.21 bits per heavy atom. The SMILES string of the molecule is Cc1cc(NC(=O)C2CCCN(S(=O)(=O)c3c(C)noc3C=Cc3ccccc3F)C2)no1. The summed E-state index contributed by atoms with van der Waals surface area (Å²) in [6.07, 6.45) is 3.87. The molecule has 1 aromatic carbocycles. The van der Waals surface area contributed by atoms with Gasteiger partial charge in [0.25, 0.3) is 0 Å². The minimum atomic E-state index is -4.01. The fraction of sp³-hybridized carbons (Fsp3) is 0.318. The number of hydrogen-bond donors (Lipinski definition) is 1. The van der Waals surface area contributed by atoms with Crippen molar-refractivity contribution in [2.75, 3.05) is 18.4 Å². The number of sulfonamides is 1. The van der Waals surface area contributed by atoms with Crippen molar-refractivity contribution in [3.63, 3.8) is 0 Å². The zero-order chi connectivity index (χ0) is 23.6. The van der Waals surface area contributed by atoms with E-state index >= 15 is 0 Å². The highest BCUT2D eigenvalue weighted by molar-refractivity contribution is 7.89. The van der Waals surface area contributed by atoms with Crippen LogP contribution in [0, 0.1) is 25.6 Å². The smallest absolute Gasteiger partial charge is 0.248 e. The van der Waals surface area contributed by atoms with Gasteiger partial charge in [-0.05, 0) is 44.9 Å². The number of halogens is 1. The Morgan fingerprint density at radius 2 is 2.00 bits per heavy atom. The van der Waals surface area contributed by atoms with Crippen molar-refractivity contribution in [3.05, 3.63) is 58.9 Å². The maximum atomic E-state index is 13.9. The number of rotatable bonds is 6. The van der Waals surface area contributed by atoms with E-state index in [0.717, 1.165) is 0 Å².